The zero-order valence-electron chi connectivity index (χ0n) is 10.9. The minimum atomic E-state index is -4.68. The number of nitrogens with one attached hydrogen (secondary N) is 1. The molecule has 0 atom stereocenters. The molecule has 2 nitrogen and oxygen atoms in total. The summed E-state index contributed by atoms with van der Waals surface area (Å²) in [5.41, 5.74) is 2.36. The number of benzene rings is 2. The predicted octanol–water partition coefficient (Wildman–Crippen LogP) is 4.51. The van der Waals surface area contributed by atoms with Crippen LogP contribution in [-0.2, 0) is 6.54 Å². The molecule has 0 fully saturated rings. The van der Waals surface area contributed by atoms with Crippen LogP contribution in [0.2, 0.25) is 0 Å². The molecule has 0 aromatic heterocycles. The maximum atomic E-state index is 12.3. The summed E-state index contributed by atoms with van der Waals surface area (Å²) in [6.45, 7) is 2.19. The van der Waals surface area contributed by atoms with Crippen molar-refractivity contribution in [2.75, 3.05) is 5.32 Å². The van der Waals surface area contributed by atoms with Crippen LogP contribution in [0, 0.1) is 6.92 Å². The first-order valence-electron chi connectivity index (χ1n) is 6.09. The van der Waals surface area contributed by atoms with E-state index in [1.54, 1.807) is 12.1 Å². The number of halogens is 3. The second kappa shape index (κ2) is 5.86. The molecule has 1 N–H and O–H groups in total. The molecule has 0 spiro atoms. The first-order chi connectivity index (χ1) is 9.46. The van der Waals surface area contributed by atoms with Gasteiger partial charge in [-0.3, -0.25) is 0 Å². The predicted molar refractivity (Wildman–Crippen MR) is 71.6 cm³/mol. The van der Waals surface area contributed by atoms with E-state index in [0.717, 1.165) is 11.3 Å². The Labute approximate surface area is 115 Å². The summed E-state index contributed by atoms with van der Waals surface area (Å²) < 4.78 is 40.9. The number of anilines is 1. The Hall–Kier alpha value is -2.17. The average molecular weight is 281 g/mol. The summed E-state index contributed by atoms with van der Waals surface area (Å²) in [6.07, 6.45) is -4.68. The zero-order chi connectivity index (χ0) is 14.6. The zero-order valence-corrected chi connectivity index (χ0v) is 10.9. The molecule has 20 heavy (non-hydrogen) atoms. The van der Waals surface area contributed by atoms with Crippen molar-refractivity contribution in [3.8, 4) is 5.75 Å². The molecule has 0 saturated heterocycles. The molecule has 106 valence electrons. The maximum absolute atomic E-state index is 12.3. The Morgan fingerprint density at radius 2 is 1.65 bits per heavy atom. The van der Waals surface area contributed by atoms with Crippen molar-refractivity contribution in [1.29, 1.82) is 0 Å². The summed E-state index contributed by atoms with van der Waals surface area (Å²) in [5, 5.41) is 3.11. The molecule has 2 aromatic rings. The third-order valence-electron chi connectivity index (χ3n) is 2.81. The van der Waals surface area contributed by atoms with Gasteiger partial charge in [-0.25, -0.2) is 0 Å². The van der Waals surface area contributed by atoms with Crippen LogP contribution in [0.5, 0.6) is 5.75 Å². The third kappa shape index (κ3) is 3.91. The lowest BCUT2D eigenvalue weighted by Gasteiger charge is -2.14. The largest absolute Gasteiger partial charge is 0.573 e. The quantitative estimate of drug-likeness (QED) is 0.890. The van der Waals surface area contributed by atoms with Crippen molar-refractivity contribution in [3.05, 3.63) is 59.7 Å². The second-order valence-corrected chi connectivity index (χ2v) is 4.32. The summed E-state index contributed by atoms with van der Waals surface area (Å²) in [6, 6.07) is 13.7. The van der Waals surface area contributed by atoms with E-state index in [1.807, 2.05) is 31.2 Å². The fourth-order valence-corrected chi connectivity index (χ4v) is 1.84. The van der Waals surface area contributed by atoms with Gasteiger partial charge >= 0.3 is 6.36 Å². The Morgan fingerprint density at radius 1 is 1.00 bits per heavy atom. The van der Waals surface area contributed by atoms with Crippen LogP contribution in [-0.4, -0.2) is 6.36 Å². The van der Waals surface area contributed by atoms with Crippen molar-refractivity contribution in [2.24, 2.45) is 0 Å². The maximum Gasteiger partial charge on any atom is 0.573 e. The van der Waals surface area contributed by atoms with Gasteiger partial charge in [-0.1, -0.05) is 36.4 Å². The minimum absolute atomic E-state index is 0.180. The highest BCUT2D eigenvalue weighted by Crippen LogP contribution is 2.27. The second-order valence-electron chi connectivity index (χ2n) is 4.32. The van der Waals surface area contributed by atoms with Gasteiger partial charge in [0.25, 0.3) is 0 Å². The lowest BCUT2D eigenvalue weighted by atomic mass is 10.1. The van der Waals surface area contributed by atoms with Crippen LogP contribution < -0.4 is 10.1 Å². The molecule has 5 heteroatoms. The van der Waals surface area contributed by atoms with Gasteiger partial charge < -0.3 is 10.1 Å². The number of hydrogen-bond donors (Lipinski definition) is 1. The molecule has 0 aliphatic heterocycles. The lowest BCUT2D eigenvalue weighted by molar-refractivity contribution is -0.274. The Kier molecular flexibility index (Phi) is 4.17. The van der Waals surface area contributed by atoms with Gasteiger partial charge in [-0.15, -0.1) is 13.2 Å². The number of hydrogen-bond acceptors (Lipinski definition) is 2. The average Bonchev–Trinajstić information content (AvgIpc) is 2.37. The topological polar surface area (TPSA) is 21.3 Å². The highest BCUT2D eigenvalue weighted by molar-refractivity contribution is 5.51. The molecule has 0 saturated carbocycles. The Morgan fingerprint density at radius 3 is 2.35 bits per heavy atom. The van der Waals surface area contributed by atoms with E-state index in [0.29, 0.717) is 5.56 Å². The van der Waals surface area contributed by atoms with Crippen LogP contribution in [0.4, 0.5) is 18.9 Å². The fraction of sp³-hybridized carbons (Fsp3) is 0.200. The number of rotatable bonds is 4. The van der Waals surface area contributed by atoms with Crippen molar-refractivity contribution < 1.29 is 17.9 Å². The summed E-state index contributed by atoms with van der Waals surface area (Å²) in [7, 11) is 0. The first-order valence-corrected chi connectivity index (χ1v) is 6.09. The smallest absolute Gasteiger partial charge is 0.405 e. The van der Waals surface area contributed by atoms with E-state index >= 15 is 0 Å². The normalized spacial score (nSPS) is 11.2. The molecule has 0 aliphatic carbocycles. The SMILES string of the molecule is Cc1ccccc1NCc1ccccc1OC(F)(F)F. The van der Waals surface area contributed by atoms with Crippen LogP contribution in [0.25, 0.3) is 0 Å². The third-order valence-corrected chi connectivity index (χ3v) is 2.81. The number of ether oxygens (including phenoxy) is 1. The molecule has 0 unspecified atom stereocenters. The molecule has 0 heterocycles. The molecule has 0 bridgehead atoms. The monoisotopic (exact) mass is 281 g/mol. The summed E-state index contributed by atoms with van der Waals surface area (Å²) >= 11 is 0. The van der Waals surface area contributed by atoms with E-state index in [1.165, 1.54) is 12.1 Å². The fourth-order valence-electron chi connectivity index (χ4n) is 1.84. The van der Waals surface area contributed by atoms with Gasteiger partial charge in [-0.05, 0) is 24.6 Å². The minimum Gasteiger partial charge on any atom is -0.405 e. The number of alkyl halides is 3. The molecular weight excluding hydrogens is 267 g/mol. The molecular formula is C15H14F3NO. The Balaban J connectivity index is 2.12. The van der Waals surface area contributed by atoms with E-state index in [-0.39, 0.29) is 12.3 Å². The van der Waals surface area contributed by atoms with Crippen molar-refractivity contribution in [1.82, 2.24) is 0 Å². The van der Waals surface area contributed by atoms with E-state index in [2.05, 4.69) is 10.1 Å². The van der Waals surface area contributed by atoms with Gasteiger partial charge in [0.15, 0.2) is 0 Å². The van der Waals surface area contributed by atoms with Crippen LogP contribution in [0.15, 0.2) is 48.5 Å². The number of aryl methyl sites for hydroxylation is 1. The molecule has 0 aliphatic rings. The number of para-hydroxylation sites is 2. The first kappa shape index (κ1) is 14.2. The van der Waals surface area contributed by atoms with Gasteiger partial charge in [0, 0.05) is 17.8 Å². The van der Waals surface area contributed by atoms with Crippen LogP contribution in [0.1, 0.15) is 11.1 Å². The molecule has 2 rings (SSSR count). The Bertz CT molecular complexity index is 581. The molecule has 0 amide bonds. The summed E-state index contributed by atoms with van der Waals surface area (Å²) in [5.74, 6) is -0.180. The van der Waals surface area contributed by atoms with Gasteiger partial charge in [0.2, 0.25) is 0 Å². The van der Waals surface area contributed by atoms with Gasteiger partial charge in [0.05, 0.1) is 0 Å². The summed E-state index contributed by atoms with van der Waals surface area (Å²) in [4.78, 5) is 0. The van der Waals surface area contributed by atoms with Crippen LogP contribution in [0.3, 0.4) is 0 Å². The molecule has 2 aromatic carbocycles. The van der Waals surface area contributed by atoms with Gasteiger partial charge in [0.1, 0.15) is 5.75 Å². The van der Waals surface area contributed by atoms with E-state index < -0.39 is 6.36 Å². The van der Waals surface area contributed by atoms with Crippen molar-refractivity contribution in [2.45, 2.75) is 19.8 Å². The lowest BCUT2D eigenvalue weighted by Crippen LogP contribution is -2.18. The van der Waals surface area contributed by atoms with Crippen LogP contribution >= 0.6 is 0 Å². The van der Waals surface area contributed by atoms with E-state index in [4.69, 9.17) is 0 Å². The standard InChI is InChI=1S/C15H14F3NO/c1-11-6-2-4-8-13(11)19-10-12-7-3-5-9-14(12)20-15(16,17)18/h2-9,19H,10H2,1H3. The molecule has 0 radical (unpaired) electrons. The highest BCUT2D eigenvalue weighted by atomic mass is 19.4. The van der Waals surface area contributed by atoms with Crippen molar-refractivity contribution in [3.63, 3.8) is 0 Å². The van der Waals surface area contributed by atoms with Crippen molar-refractivity contribution >= 4 is 5.69 Å². The van der Waals surface area contributed by atoms with Gasteiger partial charge in [-0.2, -0.15) is 0 Å². The van der Waals surface area contributed by atoms with E-state index in [9.17, 15) is 13.2 Å². The highest BCUT2D eigenvalue weighted by Gasteiger charge is 2.31.